The molecular formula is C17H24N2O3. The van der Waals surface area contributed by atoms with Gasteiger partial charge in [-0.1, -0.05) is 12.1 Å². The van der Waals surface area contributed by atoms with E-state index in [2.05, 4.69) is 34.1 Å². The average molecular weight is 304 g/mol. The van der Waals surface area contributed by atoms with Crippen LogP contribution in [-0.2, 0) is 16.1 Å². The number of likely N-dealkylation sites (tertiary alicyclic amines) is 1. The Hall–Kier alpha value is -1.59. The number of hydrogen-bond acceptors (Lipinski definition) is 4. The van der Waals surface area contributed by atoms with Gasteiger partial charge < -0.3 is 14.7 Å². The molecule has 1 aromatic carbocycles. The molecule has 0 atom stereocenters. The molecule has 5 heteroatoms. The van der Waals surface area contributed by atoms with Crippen molar-refractivity contribution in [3.63, 3.8) is 0 Å². The molecule has 2 heterocycles. The van der Waals surface area contributed by atoms with Crippen molar-refractivity contribution in [2.75, 3.05) is 44.3 Å². The summed E-state index contributed by atoms with van der Waals surface area (Å²) in [6, 6.07) is 8.69. The zero-order chi connectivity index (χ0) is 15.4. The fraction of sp³-hybridized carbons (Fsp3) is 0.588. The Morgan fingerprint density at radius 3 is 2.59 bits per heavy atom. The molecule has 2 fully saturated rings. The summed E-state index contributed by atoms with van der Waals surface area (Å²) in [6.45, 7) is 6.16. The first kappa shape index (κ1) is 15.3. The zero-order valence-corrected chi connectivity index (χ0v) is 12.9. The van der Waals surface area contributed by atoms with E-state index in [9.17, 15) is 4.79 Å². The van der Waals surface area contributed by atoms with E-state index in [1.54, 1.807) is 0 Å². The predicted octanol–water partition coefficient (Wildman–Crippen LogP) is 1.82. The topological polar surface area (TPSA) is 53.0 Å². The highest BCUT2D eigenvalue weighted by molar-refractivity contribution is 5.70. The third kappa shape index (κ3) is 3.78. The Morgan fingerprint density at radius 1 is 1.18 bits per heavy atom. The van der Waals surface area contributed by atoms with Crippen LogP contribution in [-0.4, -0.2) is 55.4 Å². The Bertz CT molecular complexity index is 506. The first-order chi connectivity index (χ1) is 10.7. The molecule has 2 saturated heterocycles. The van der Waals surface area contributed by atoms with E-state index in [1.807, 2.05) is 0 Å². The van der Waals surface area contributed by atoms with E-state index in [1.165, 1.54) is 11.3 Å². The van der Waals surface area contributed by atoms with Gasteiger partial charge >= 0.3 is 5.97 Å². The summed E-state index contributed by atoms with van der Waals surface area (Å²) in [5.41, 5.74) is 2.57. The number of carbonyl (C=O) groups is 1. The summed E-state index contributed by atoms with van der Waals surface area (Å²) in [5, 5.41) is 9.06. The number of carboxylic acids is 1. The molecule has 0 aromatic heterocycles. The molecule has 22 heavy (non-hydrogen) atoms. The van der Waals surface area contributed by atoms with Gasteiger partial charge in [-0.2, -0.15) is 0 Å². The third-order valence-corrected chi connectivity index (χ3v) is 4.63. The van der Waals surface area contributed by atoms with Gasteiger partial charge in [-0.15, -0.1) is 0 Å². The van der Waals surface area contributed by atoms with Gasteiger partial charge in [-0.3, -0.25) is 9.69 Å². The molecule has 0 saturated carbocycles. The van der Waals surface area contributed by atoms with Crippen LogP contribution in [0.2, 0.25) is 0 Å². The first-order valence-corrected chi connectivity index (χ1v) is 8.09. The molecule has 1 aromatic rings. The second-order valence-electron chi connectivity index (χ2n) is 6.16. The van der Waals surface area contributed by atoms with Crippen LogP contribution in [0.5, 0.6) is 0 Å². The summed E-state index contributed by atoms with van der Waals surface area (Å²) >= 11 is 0. The number of ether oxygens (including phenoxy) is 1. The van der Waals surface area contributed by atoms with Gasteiger partial charge in [0.05, 0.1) is 19.1 Å². The fourth-order valence-corrected chi connectivity index (χ4v) is 3.27. The molecule has 0 amide bonds. The molecule has 5 nitrogen and oxygen atoms in total. The second-order valence-corrected chi connectivity index (χ2v) is 6.16. The van der Waals surface area contributed by atoms with Crippen molar-refractivity contribution in [2.24, 2.45) is 5.92 Å². The molecule has 0 unspecified atom stereocenters. The minimum Gasteiger partial charge on any atom is -0.481 e. The smallest absolute Gasteiger partial charge is 0.306 e. The average Bonchev–Trinajstić information content (AvgIpc) is 2.56. The highest BCUT2D eigenvalue weighted by atomic mass is 16.5. The van der Waals surface area contributed by atoms with E-state index in [0.29, 0.717) is 0 Å². The summed E-state index contributed by atoms with van der Waals surface area (Å²) in [5.74, 6) is -0.801. The van der Waals surface area contributed by atoms with Crippen molar-refractivity contribution in [3.05, 3.63) is 29.8 Å². The van der Waals surface area contributed by atoms with E-state index >= 15 is 0 Å². The Balaban J connectivity index is 1.58. The van der Waals surface area contributed by atoms with Gasteiger partial charge in [0.2, 0.25) is 0 Å². The predicted molar refractivity (Wildman–Crippen MR) is 85.1 cm³/mol. The number of hydrogen-bond donors (Lipinski definition) is 1. The number of rotatable bonds is 4. The summed E-state index contributed by atoms with van der Waals surface area (Å²) in [7, 11) is 0. The summed E-state index contributed by atoms with van der Waals surface area (Å²) in [4.78, 5) is 15.7. The molecule has 0 aliphatic carbocycles. The molecule has 1 N–H and O–H groups in total. The van der Waals surface area contributed by atoms with Crippen molar-refractivity contribution in [2.45, 2.75) is 19.4 Å². The van der Waals surface area contributed by atoms with Crippen LogP contribution in [0, 0.1) is 5.92 Å². The van der Waals surface area contributed by atoms with Gasteiger partial charge in [-0.05, 0) is 43.6 Å². The Morgan fingerprint density at radius 2 is 1.91 bits per heavy atom. The minimum atomic E-state index is -0.644. The Kier molecular flexibility index (Phi) is 4.95. The maximum atomic E-state index is 11.0. The summed E-state index contributed by atoms with van der Waals surface area (Å²) < 4.78 is 5.40. The molecule has 2 aliphatic heterocycles. The lowest BCUT2D eigenvalue weighted by atomic mass is 9.97. The van der Waals surface area contributed by atoms with Crippen LogP contribution < -0.4 is 4.90 Å². The van der Waals surface area contributed by atoms with Crippen molar-refractivity contribution in [1.82, 2.24) is 4.90 Å². The van der Waals surface area contributed by atoms with Gasteiger partial charge in [0, 0.05) is 25.3 Å². The maximum Gasteiger partial charge on any atom is 0.306 e. The quantitative estimate of drug-likeness (QED) is 0.919. The van der Waals surface area contributed by atoms with Crippen LogP contribution >= 0.6 is 0 Å². The number of morpholine rings is 1. The zero-order valence-electron chi connectivity index (χ0n) is 12.9. The second kappa shape index (κ2) is 7.11. The fourth-order valence-electron chi connectivity index (χ4n) is 3.27. The van der Waals surface area contributed by atoms with E-state index in [4.69, 9.17) is 9.84 Å². The van der Waals surface area contributed by atoms with Crippen molar-refractivity contribution >= 4 is 11.7 Å². The number of nitrogens with zero attached hydrogens (tertiary/aromatic N) is 2. The number of aliphatic carboxylic acids is 1. The SMILES string of the molecule is O=C(O)C1CCN(Cc2cccc(N3CCOCC3)c2)CC1. The van der Waals surface area contributed by atoms with Crippen LogP contribution in [0.3, 0.4) is 0 Å². The number of benzene rings is 1. The molecule has 120 valence electrons. The third-order valence-electron chi connectivity index (χ3n) is 4.63. The molecule has 0 bridgehead atoms. The molecular weight excluding hydrogens is 280 g/mol. The standard InChI is InChI=1S/C17H24N2O3/c20-17(21)15-4-6-18(7-5-15)13-14-2-1-3-16(12-14)19-8-10-22-11-9-19/h1-3,12,15H,4-11,13H2,(H,20,21). The van der Waals surface area contributed by atoms with E-state index < -0.39 is 5.97 Å². The lowest BCUT2D eigenvalue weighted by Crippen LogP contribution is -2.37. The highest BCUT2D eigenvalue weighted by Gasteiger charge is 2.24. The summed E-state index contributed by atoms with van der Waals surface area (Å²) in [6.07, 6.45) is 1.52. The largest absolute Gasteiger partial charge is 0.481 e. The highest BCUT2D eigenvalue weighted by Crippen LogP contribution is 2.22. The van der Waals surface area contributed by atoms with Crippen molar-refractivity contribution in [1.29, 1.82) is 0 Å². The van der Waals surface area contributed by atoms with Crippen molar-refractivity contribution in [3.8, 4) is 0 Å². The molecule has 0 spiro atoms. The number of carboxylic acid groups (broad SMARTS) is 1. The monoisotopic (exact) mass is 304 g/mol. The maximum absolute atomic E-state index is 11.0. The van der Waals surface area contributed by atoms with Crippen LogP contribution in [0.1, 0.15) is 18.4 Å². The van der Waals surface area contributed by atoms with Gasteiger partial charge in [0.1, 0.15) is 0 Å². The van der Waals surface area contributed by atoms with E-state index in [-0.39, 0.29) is 5.92 Å². The molecule has 0 radical (unpaired) electrons. The molecule has 2 aliphatic rings. The van der Waals surface area contributed by atoms with Crippen LogP contribution in [0.4, 0.5) is 5.69 Å². The van der Waals surface area contributed by atoms with Gasteiger partial charge in [0.15, 0.2) is 0 Å². The van der Waals surface area contributed by atoms with Crippen LogP contribution in [0.15, 0.2) is 24.3 Å². The van der Waals surface area contributed by atoms with Crippen LogP contribution in [0.25, 0.3) is 0 Å². The normalized spacial score (nSPS) is 21.0. The van der Waals surface area contributed by atoms with Gasteiger partial charge in [-0.25, -0.2) is 0 Å². The Labute approximate surface area is 131 Å². The lowest BCUT2D eigenvalue weighted by Gasteiger charge is -2.31. The first-order valence-electron chi connectivity index (χ1n) is 8.09. The minimum absolute atomic E-state index is 0.157. The molecule has 3 rings (SSSR count). The van der Waals surface area contributed by atoms with E-state index in [0.717, 1.165) is 58.8 Å². The van der Waals surface area contributed by atoms with Gasteiger partial charge in [0.25, 0.3) is 0 Å². The number of piperidine rings is 1. The van der Waals surface area contributed by atoms with Crippen molar-refractivity contribution < 1.29 is 14.6 Å². The number of anilines is 1. The lowest BCUT2D eigenvalue weighted by molar-refractivity contribution is -0.143.